The lowest BCUT2D eigenvalue weighted by atomic mass is 9.92. The number of pyridine rings is 1. The molecule has 1 saturated heterocycles. The minimum atomic E-state index is 0.725. The molecule has 1 aliphatic rings. The van der Waals surface area contributed by atoms with Crippen LogP contribution in [0.1, 0.15) is 18.5 Å². The number of rotatable bonds is 4. The van der Waals surface area contributed by atoms with Gasteiger partial charge in [0.15, 0.2) is 0 Å². The van der Waals surface area contributed by atoms with Crippen molar-refractivity contribution in [1.82, 2.24) is 25.5 Å². The first-order valence-corrected chi connectivity index (χ1v) is 11.1. The molecule has 0 aliphatic carbocycles. The van der Waals surface area contributed by atoms with Crippen LogP contribution in [-0.4, -0.2) is 33.3 Å². The highest BCUT2D eigenvalue weighted by atomic mass is 15.1. The summed E-state index contributed by atoms with van der Waals surface area (Å²) in [6, 6.07) is 21.3. The highest BCUT2D eigenvalue weighted by Crippen LogP contribution is 2.30. The zero-order chi connectivity index (χ0) is 20.6. The van der Waals surface area contributed by atoms with Gasteiger partial charge in [-0.25, -0.2) is 4.98 Å². The maximum Gasteiger partial charge on any atom is 0.137 e. The summed E-state index contributed by atoms with van der Waals surface area (Å²) in [5.74, 6) is 0.725. The Morgan fingerprint density at radius 2 is 1.74 bits per heavy atom. The van der Waals surface area contributed by atoms with Gasteiger partial charge in [-0.1, -0.05) is 36.4 Å². The molecular formula is C26H25N5. The number of benzene rings is 2. The first-order valence-electron chi connectivity index (χ1n) is 11.1. The van der Waals surface area contributed by atoms with Gasteiger partial charge in [0.05, 0.1) is 5.52 Å². The van der Waals surface area contributed by atoms with E-state index >= 15 is 0 Å². The van der Waals surface area contributed by atoms with Crippen molar-refractivity contribution in [2.75, 3.05) is 13.1 Å². The van der Waals surface area contributed by atoms with Crippen LogP contribution in [0, 0.1) is 5.92 Å². The molecule has 6 rings (SSSR count). The third-order valence-electron chi connectivity index (χ3n) is 6.47. The lowest BCUT2D eigenvalue weighted by Crippen LogP contribution is -2.28. The number of nitrogens with zero attached hydrogens (tertiary/aromatic N) is 2. The van der Waals surface area contributed by atoms with E-state index in [1.54, 1.807) is 0 Å². The topological polar surface area (TPSA) is 69.4 Å². The van der Waals surface area contributed by atoms with Crippen LogP contribution >= 0.6 is 0 Å². The molecule has 0 atom stereocenters. The van der Waals surface area contributed by atoms with Crippen molar-refractivity contribution in [3.8, 4) is 22.4 Å². The van der Waals surface area contributed by atoms with Crippen molar-refractivity contribution in [3.63, 3.8) is 0 Å². The highest BCUT2D eigenvalue weighted by molar-refractivity contribution is 5.90. The zero-order valence-corrected chi connectivity index (χ0v) is 17.4. The smallest absolute Gasteiger partial charge is 0.137 e. The molecule has 0 radical (unpaired) electrons. The lowest BCUT2D eigenvalue weighted by Gasteiger charge is -2.21. The molecule has 1 aliphatic heterocycles. The van der Waals surface area contributed by atoms with Crippen LogP contribution in [0.15, 0.2) is 66.9 Å². The van der Waals surface area contributed by atoms with E-state index in [0.29, 0.717) is 0 Å². The molecule has 2 aromatic carbocycles. The first kappa shape index (κ1) is 18.3. The second-order valence-corrected chi connectivity index (χ2v) is 8.54. The van der Waals surface area contributed by atoms with Crippen molar-refractivity contribution < 1.29 is 0 Å². The molecule has 5 aromatic rings. The van der Waals surface area contributed by atoms with Crippen LogP contribution in [-0.2, 0) is 6.42 Å². The van der Waals surface area contributed by atoms with E-state index < -0.39 is 0 Å². The van der Waals surface area contributed by atoms with Gasteiger partial charge in [-0.05, 0) is 73.7 Å². The number of hydrogen-bond acceptors (Lipinski definition) is 3. The Bertz CT molecular complexity index is 1340. The molecule has 3 N–H and O–H groups in total. The van der Waals surface area contributed by atoms with Crippen molar-refractivity contribution in [3.05, 3.63) is 72.6 Å². The molecule has 154 valence electrons. The van der Waals surface area contributed by atoms with Gasteiger partial charge in [-0.2, -0.15) is 5.10 Å². The van der Waals surface area contributed by atoms with Crippen molar-refractivity contribution in [1.29, 1.82) is 0 Å². The summed E-state index contributed by atoms with van der Waals surface area (Å²) >= 11 is 0. The third-order valence-corrected chi connectivity index (χ3v) is 6.47. The van der Waals surface area contributed by atoms with Crippen LogP contribution in [0.5, 0.6) is 0 Å². The van der Waals surface area contributed by atoms with Crippen LogP contribution in [0.3, 0.4) is 0 Å². The summed E-state index contributed by atoms with van der Waals surface area (Å²) in [5.41, 5.74) is 7.78. The van der Waals surface area contributed by atoms with Gasteiger partial charge in [0.25, 0.3) is 0 Å². The number of hydrogen-bond donors (Lipinski definition) is 3. The van der Waals surface area contributed by atoms with Crippen LogP contribution < -0.4 is 5.32 Å². The van der Waals surface area contributed by atoms with Crippen LogP contribution in [0.2, 0.25) is 0 Å². The van der Waals surface area contributed by atoms with Gasteiger partial charge in [0.1, 0.15) is 5.65 Å². The van der Waals surface area contributed by atoms with Gasteiger partial charge in [-0.3, -0.25) is 5.10 Å². The molecule has 0 amide bonds. The summed E-state index contributed by atoms with van der Waals surface area (Å²) in [4.78, 5) is 8.14. The largest absolute Gasteiger partial charge is 0.339 e. The van der Waals surface area contributed by atoms with Gasteiger partial charge in [0.2, 0.25) is 0 Å². The molecule has 0 saturated carbocycles. The van der Waals surface area contributed by atoms with Gasteiger partial charge in [0, 0.05) is 33.9 Å². The van der Waals surface area contributed by atoms with E-state index in [2.05, 4.69) is 75.1 Å². The monoisotopic (exact) mass is 407 g/mol. The quantitative estimate of drug-likeness (QED) is 0.378. The first-order chi connectivity index (χ1) is 15.3. The predicted octanol–water partition coefficient (Wildman–Crippen LogP) is 5.32. The Labute approximate surface area is 180 Å². The number of aromatic nitrogens is 4. The van der Waals surface area contributed by atoms with Crippen molar-refractivity contribution in [2.24, 2.45) is 5.92 Å². The fourth-order valence-corrected chi connectivity index (χ4v) is 4.72. The van der Waals surface area contributed by atoms with Gasteiger partial charge >= 0.3 is 0 Å². The highest BCUT2D eigenvalue weighted by Gasteiger charge is 2.17. The Morgan fingerprint density at radius 3 is 2.61 bits per heavy atom. The maximum absolute atomic E-state index is 4.70. The molecule has 3 aromatic heterocycles. The SMILES string of the molecule is c1ccc(-c2cc3cc(-c4ccc5n[nH]c(CC6CCNCC6)c5c4)cnc3[nH]2)cc1. The summed E-state index contributed by atoms with van der Waals surface area (Å²) < 4.78 is 0. The van der Waals surface area contributed by atoms with E-state index in [9.17, 15) is 0 Å². The molecule has 31 heavy (non-hydrogen) atoms. The predicted molar refractivity (Wildman–Crippen MR) is 126 cm³/mol. The average Bonchev–Trinajstić information content (AvgIpc) is 3.44. The minimum absolute atomic E-state index is 0.725. The van der Waals surface area contributed by atoms with E-state index in [-0.39, 0.29) is 0 Å². The summed E-state index contributed by atoms with van der Waals surface area (Å²) in [7, 11) is 0. The zero-order valence-electron chi connectivity index (χ0n) is 17.4. The molecule has 5 nitrogen and oxygen atoms in total. The minimum Gasteiger partial charge on any atom is -0.339 e. The number of H-pyrrole nitrogens is 2. The number of piperidine rings is 1. The Morgan fingerprint density at radius 1 is 0.871 bits per heavy atom. The van der Waals surface area contributed by atoms with E-state index in [1.165, 1.54) is 35.0 Å². The number of aromatic amines is 2. The van der Waals surface area contributed by atoms with Crippen LogP contribution in [0.25, 0.3) is 44.3 Å². The van der Waals surface area contributed by atoms with Gasteiger partial charge < -0.3 is 10.3 Å². The summed E-state index contributed by atoms with van der Waals surface area (Å²) in [6.07, 6.45) is 5.49. The van der Waals surface area contributed by atoms with Gasteiger partial charge in [-0.15, -0.1) is 0 Å². The fraction of sp³-hybridized carbons (Fsp3) is 0.231. The van der Waals surface area contributed by atoms with E-state index in [4.69, 9.17) is 4.98 Å². The average molecular weight is 408 g/mol. The second-order valence-electron chi connectivity index (χ2n) is 8.54. The molecule has 4 heterocycles. The van der Waals surface area contributed by atoms with E-state index in [0.717, 1.165) is 53.2 Å². The maximum atomic E-state index is 4.70. The summed E-state index contributed by atoms with van der Waals surface area (Å²) in [5, 5.41) is 13.7. The standard InChI is InChI=1S/C26H25N5/c1-2-4-18(5-3-1)24-15-20-13-21(16-28-26(20)29-24)19-6-7-23-22(14-19)25(31-30-23)12-17-8-10-27-11-9-17/h1-7,13-17,27H,8-12H2,(H,28,29)(H,30,31). The Balaban J connectivity index is 1.35. The second kappa shape index (κ2) is 7.67. The molecule has 0 unspecified atom stereocenters. The van der Waals surface area contributed by atoms with E-state index in [1.807, 2.05) is 12.3 Å². The normalized spacial score (nSPS) is 15.1. The molecular weight excluding hydrogens is 382 g/mol. The van der Waals surface area contributed by atoms with Crippen LogP contribution in [0.4, 0.5) is 0 Å². The molecule has 1 fully saturated rings. The third kappa shape index (κ3) is 3.51. The summed E-state index contributed by atoms with van der Waals surface area (Å²) in [6.45, 7) is 2.24. The lowest BCUT2D eigenvalue weighted by molar-refractivity contribution is 0.370. The van der Waals surface area contributed by atoms with Crippen molar-refractivity contribution >= 4 is 21.9 Å². The Kier molecular flexibility index (Phi) is 4.54. The molecule has 0 spiro atoms. The van der Waals surface area contributed by atoms with Crippen molar-refractivity contribution in [2.45, 2.75) is 19.3 Å². The Hall–Kier alpha value is -3.44. The number of nitrogens with one attached hydrogen (secondary N) is 3. The fourth-order valence-electron chi connectivity index (χ4n) is 4.72. The number of fused-ring (bicyclic) bond motifs is 2. The molecule has 0 bridgehead atoms. The molecule has 5 heteroatoms.